The summed E-state index contributed by atoms with van der Waals surface area (Å²) >= 11 is 6.24. The van der Waals surface area contributed by atoms with Crippen molar-refractivity contribution in [1.82, 2.24) is 14.3 Å². The zero-order chi connectivity index (χ0) is 25.3. The molecule has 4 rings (SSSR count). The van der Waals surface area contributed by atoms with E-state index in [9.17, 15) is 9.59 Å². The van der Waals surface area contributed by atoms with Crippen LogP contribution in [0.1, 0.15) is 42.4 Å². The Morgan fingerprint density at radius 2 is 2.00 bits per heavy atom. The average molecular weight is 500 g/mol. The summed E-state index contributed by atoms with van der Waals surface area (Å²) in [5.41, 5.74) is 4.12. The second-order valence-electron chi connectivity index (χ2n) is 9.62. The van der Waals surface area contributed by atoms with Gasteiger partial charge in [-0.05, 0) is 51.5 Å². The predicted octanol–water partition coefficient (Wildman–Crippen LogP) is 4.93. The molecule has 1 amide bonds. The number of hydrogen-bond donors (Lipinski definition) is 0. The molecule has 8 nitrogen and oxygen atoms in total. The van der Waals surface area contributed by atoms with E-state index in [2.05, 4.69) is 0 Å². The van der Waals surface area contributed by atoms with Gasteiger partial charge in [0.2, 0.25) is 0 Å². The van der Waals surface area contributed by atoms with Crippen molar-refractivity contribution in [3.05, 3.63) is 58.4 Å². The monoisotopic (exact) mass is 499 g/mol. The lowest BCUT2D eigenvalue weighted by Gasteiger charge is -2.34. The number of esters is 1. The number of rotatable bonds is 4. The highest BCUT2D eigenvalue weighted by Crippen LogP contribution is 2.31. The quantitative estimate of drug-likeness (QED) is 0.473. The number of aromatic nitrogens is 2. The normalized spacial score (nSPS) is 16.4. The van der Waals surface area contributed by atoms with Crippen LogP contribution in [-0.2, 0) is 20.6 Å². The van der Waals surface area contributed by atoms with Gasteiger partial charge in [0.1, 0.15) is 11.2 Å². The van der Waals surface area contributed by atoms with Gasteiger partial charge in [-0.1, -0.05) is 17.7 Å². The first kappa shape index (κ1) is 25.0. The van der Waals surface area contributed by atoms with Crippen LogP contribution in [0.4, 0.5) is 4.79 Å². The van der Waals surface area contributed by atoms with Crippen LogP contribution >= 0.6 is 11.6 Å². The second-order valence-corrected chi connectivity index (χ2v) is 10.1. The third-order valence-corrected chi connectivity index (χ3v) is 6.04. The molecule has 0 spiro atoms. The highest BCUT2D eigenvalue weighted by Gasteiger charge is 2.30. The zero-order valence-corrected chi connectivity index (χ0v) is 21.4. The summed E-state index contributed by atoms with van der Waals surface area (Å²) in [6.07, 6.45) is 1.83. The number of carbonyl (C=O) groups excluding carboxylic acids is 2. The Morgan fingerprint density at radius 3 is 2.69 bits per heavy atom. The number of halogens is 1. The van der Waals surface area contributed by atoms with Gasteiger partial charge in [-0.25, -0.2) is 14.6 Å². The van der Waals surface area contributed by atoms with E-state index in [1.165, 1.54) is 7.11 Å². The molecule has 186 valence electrons. The fourth-order valence-corrected chi connectivity index (χ4v) is 4.36. The Balaban J connectivity index is 1.68. The lowest BCUT2D eigenvalue weighted by atomic mass is 9.99. The van der Waals surface area contributed by atoms with Gasteiger partial charge in [-0.3, -0.25) is 0 Å². The number of nitrogens with zero attached hydrogens (tertiary/aromatic N) is 3. The Bertz CT molecular complexity index is 1260. The molecule has 0 radical (unpaired) electrons. The number of carbonyl (C=O) groups is 2. The molecule has 0 saturated carbocycles. The lowest BCUT2D eigenvalue weighted by molar-refractivity contribution is -0.0418. The first-order chi connectivity index (χ1) is 16.6. The van der Waals surface area contributed by atoms with Crippen molar-refractivity contribution in [2.75, 3.05) is 26.8 Å². The first-order valence-corrected chi connectivity index (χ1v) is 11.9. The van der Waals surface area contributed by atoms with E-state index in [1.807, 2.05) is 50.4 Å². The van der Waals surface area contributed by atoms with E-state index in [1.54, 1.807) is 23.1 Å². The summed E-state index contributed by atoms with van der Waals surface area (Å²) in [5, 5.41) is 0.586. The summed E-state index contributed by atoms with van der Waals surface area (Å²) in [6.45, 7) is 8.81. The molecule has 1 aliphatic rings. The van der Waals surface area contributed by atoms with Crippen LogP contribution in [0.2, 0.25) is 5.02 Å². The summed E-state index contributed by atoms with van der Waals surface area (Å²) in [4.78, 5) is 31.2. The maximum Gasteiger partial charge on any atom is 0.410 e. The van der Waals surface area contributed by atoms with Crippen molar-refractivity contribution in [3.63, 3.8) is 0 Å². The Hall–Kier alpha value is -3.10. The topological polar surface area (TPSA) is 82.4 Å². The van der Waals surface area contributed by atoms with Crippen LogP contribution in [0.3, 0.4) is 0 Å². The van der Waals surface area contributed by atoms with Crippen molar-refractivity contribution in [3.8, 4) is 11.3 Å². The fraction of sp³-hybridized carbons (Fsp3) is 0.423. The Kier molecular flexibility index (Phi) is 7.05. The largest absolute Gasteiger partial charge is 0.465 e. The number of pyridine rings is 1. The molecule has 2 aromatic heterocycles. The zero-order valence-electron chi connectivity index (χ0n) is 20.6. The molecule has 35 heavy (non-hydrogen) atoms. The van der Waals surface area contributed by atoms with Crippen molar-refractivity contribution in [1.29, 1.82) is 0 Å². The Morgan fingerprint density at radius 1 is 1.23 bits per heavy atom. The molecule has 0 N–H and O–H groups in total. The van der Waals surface area contributed by atoms with Crippen LogP contribution in [0.25, 0.3) is 16.9 Å². The third kappa shape index (κ3) is 5.60. The van der Waals surface area contributed by atoms with Crippen LogP contribution in [0.5, 0.6) is 0 Å². The molecule has 0 unspecified atom stereocenters. The van der Waals surface area contributed by atoms with Crippen LogP contribution in [0.15, 0.2) is 36.5 Å². The number of aryl methyl sites for hydroxylation is 1. The molecule has 1 fully saturated rings. The SMILES string of the molecule is COC(=O)c1ccc(-c2nc3cc(Cl)ccn3c2C[C@H]2CN(C(=O)OC(C)(C)C)CCO2)c(C)c1. The van der Waals surface area contributed by atoms with E-state index >= 15 is 0 Å². The average Bonchev–Trinajstić information content (AvgIpc) is 3.14. The molecule has 0 bridgehead atoms. The second kappa shape index (κ2) is 9.87. The molecule has 1 aromatic carbocycles. The van der Waals surface area contributed by atoms with E-state index in [4.69, 9.17) is 30.8 Å². The number of methoxy groups -OCH3 is 1. The number of morpholine rings is 1. The molecule has 3 heterocycles. The Labute approximate surface area is 209 Å². The standard InChI is InChI=1S/C26H30ClN3O5/c1-16-12-17(24(31)33-5)6-7-20(16)23-21(30-9-8-18(27)13-22(30)28-23)14-19-15-29(10-11-34-19)25(32)35-26(2,3)4/h6-9,12-13,19H,10-11,14-15H2,1-5H3/t19-/m0/s1. The molecule has 0 aliphatic carbocycles. The van der Waals surface area contributed by atoms with Gasteiger partial charge in [-0.2, -0.15) is 0 Å². The number of imidazole rings is 1. The van der Waals surface area contributed by atoms with Gasteiger partial charge in [0.05, 0.1) is 43.3 Å². The maximum absolute atomic E-state index is 12.6. The summed E-state index contributed by atoms with van der Waals surface area (Å²) < 4.78 is 18.4. The van der Waals surface area contributed by atoms with Crippen LogP contribution < -0.4 is 0 Å². The smallest absolute Gasteiger partial charge is 0.410 e. The molecule has 1 atom stereocenters. The van der Waals surface area contributed by atoms with Gasteiger partial charge in [0.25, 0.3) is 0 Å². The lowest BCUT2D eigenvalue weighted by Crippen LogP contribution is -2.48. The molecule has 9 heteroatoms. The van der Waals surface area contributed by atoms with Crippen LogP contribution in [-0.4, -0.2) is 64.9 Å². The number of ether oxygens (including phenoxy) is 3. The van der Waals surface area contributed by atoms with Crippen molar-refractivity contribution >= 4 is 29.3 Å². The van der Waals surface area contributed by atoms with Gasteiger partial charge >= 0.3 is 12.1 Å². The fourth-order valence-electron chi connectivity index (χ4n) is 4.21. The summed E-state index contributed by atoms with van der Waals surface area (Å²) in [5.74, 6) is -0.389. The minimum atomic E-state index is -0.563. The molecule has 3 aromatic rings. The van der Waals surface area contributed by atoms with E-state index < -0.39 is 5.60 Å². The molecule has 1 aliphatic heterocycles. The molecular formula is C26H30ClN3O5. The number of benzene rings is 1. The van der Waals surface area contributed by atoms with E-state index in [0.29, 0.717) is 42.4 Å². The van der Waals surface area contributed by atoms with Crippen molar-refractivity contribution in [2.45, 2.75) is 45.8 Å². The highest BCUT2D eigenvalue weighted by atomic mass is 35.5. The van der Waals surface area contributed by atoms with Crippen molar-refractivity contribution in [2.24, 2.45) is 0 Å². The van der Waals surface area contributed by atoms with Gasteiger partial charge in [0, 0.05) is 35.8 Å². The molecular weight excluding hydrogens is 470 g/mol. The highest BCUT2D eigenvalue weighted by molar-refractivity contribution is 6.30. The predicted molar refractivity (Wildman–Crippen MR) is 133 cm³/mol. The van der Waals surface area contributed by atoms with Gasteiger partial charge < -0.3 is 23.5 Å². The minimum absolute atomic E-state index is 0.236. The summed E-state index contributed by atoms with van der Waals surface area (Å²) in [6, 6.07) is 9.02. The van der Waals surface area contributed by atoms with E-state index in [-0.39, 0.29) is 18.2 Å². The minimum Gasteiger partial charge on any atom is -0.465 e. The number of fused-ring (bicyclic) bond motifs is 1. The number of hydrogen-bond acceptors (Lipinski definition) is 6. The third-order valence-electron chi connectivity index (χ3n) is 5.80. The number of amides is 1. The van der Waals surface area contributed by atoms with Crippen LogP contribution in [0, 0.1) is 6.92 Å². The molecule has 1 saturated heterocycles. The van der Waals surface area contributed by atoms with Gasteiger partial charge in [-0.15, -0.1) is 0 Å². The van der Waals surface area contributed by atoms with Crippen molar-refractivity contribution < 1.29 is 23.8 Å². The maximum atomic E-state index is 12.6. The first-order valence-electron chi connectivity index (χ1n) is 11.5. The summed E-state index contributed by atoms with van der Waals surface area (Å²) in [7, 11) is 1.36. The van der Waals surface area contributed by atoms with E-state index in [0.717, 1.165) is 22.5 Å². The van der Waals surface area contributed by atoms with Gasteiger partial charge in [0.15, 0.2) is 0 Å².